The van der Waals surface area contributed by atoms with Crippen LogP contribution in [0, 0.1) is 18.3 Å². The molecule has 0 fully saturated rings. The van der Waals surface area contributed by atoms with Crippen molar-refractivity contribution in [2.45, 2.75) is 26.2 Å². The SMILES string of the molecule is C#CC(CCO)CCC(C)=O. The smallest absolute Gasteiger partial charge is 0.129 e. The molecule has 0 spiro atoms. The maximum Gasteiger partial charge on any atom is 0.129 e. The summed E-state index contributed by atoms with van der Waals surface area (Å²) in [6.07, 6.45) is 7.00. The van der Waals surface area contributed by atoms with Crippen LogP contribution in [0.15, 0.2) is 0 Å². The first-order valence-electron chi connectivity index (χ1n) is 3.77. The first-order valence-corrected chi connectivity index (χ1v) is 3.77. The first kappa shape index (κ1) is 10.2. The number of carbonyl (C=O) groups excluding carboxylic acids is 1. The molecule has 0 aromatic carbocycles. The zero-order valence-corrected chi connectivity index (χ0v) is 6.84. The number of carbonyl (C=O) groups is 1. The second-order valence-electron chi connectivity index (χ2n) is 2.62. The Morgan fingerprint density at radius 2 is 2.27 bits per heavy atom. The van der Waals surface area contributed by atoms with E-state index in [9.17, 15) is 4.79 Å². The monoisotopic (exact) mass is 154 g/mol. The van der Waals surface area contributed by atoms with Crippen molar-refractivity contribution in [3.63, 3.8) is 0 Å². The quantitative estimate of drug-likeness (QED) is 0.599. The molecule has 0 amide bonds. The van der Waals surface area contributed by atoms with Gasteiger partial charge in [-0.05, 0) is 19.8 Å². The molecule has 0 saturated heterocycles. The molecular formula is C9H14O2. The Bertz CT molecular complexity index is 155. The summed E-state index contributed by atoms with van der Waals surface area (Å²) < 4.78 is 0. The van der Waals surface area contributed by atoms with E-state index in [0.29, 0.717) is 19.3 Å². The van der Waals surface area contributed by atoms with E-state index in [1.54, 1.807) is 6.92 Å². The van der Waals surface area contributed by atoms with E-state index in [1.165, 1.54) is 0 Å². The van der Waals surface area contributed by atoms with E-state index < -0.39 is 0 Å². The van der Waals surface area contributed by atoms with Gasteiger partial charge in [-0.2, -0.15) is 0 Å². The number of ketones is 1. The van der Waals surface area contributed by atoms with E-state index in [-0.39, 0.29) is 18.3 Å². The molecular weight excluding hydrogens is 140 g/mol. The molecule has 0 aliphatic rings. The van der Waals surface area contributed by atoms with E-state index in [0.717, 1.165) is 0 Å². The van der Waals surface area contributed by atoms with Gasteiger partial charge in [0, 0.05) is 18.9 Å². The molecule has 0 radical (unpaired) electrons. The lowest BCUT2D eigenvalue weighted by Crippen LogP contribution is -2.02. The number of terminal acetylenes is 1. The third-order valence-electron chi connectivity index (χ3n) is 1.56. The van der Waals surface area contributed by atoms with Crippen molar-refractivity contribution in [2.75, 3.05) is 6.61 Å². The predicted octanol–water partition coefficient (Wildman–Crippen LogP) is 0.987. The highest BCUT2D eigenvalue weighted by Gasteiger charge is 2.04. The van der Waals surface area contributed by atoms with Gasteiger partial charge >= 0.3 is 0 Å². The standard InChI is InChI=1S/C9H14O2/c1-3-9(6-7-10)5-4-8(2)11/h1,9-10H,4-7H2,2H3. The highest BCUT2D eigenvalue weighted by Crippen LogP contribution is 2.09. The summed E-state index contributed by atoms with van der Waals surface area (Å²) in [5.41, 5.74) is 0. The fraction of sp³-hybridized carbons (Fsp3) is 0.667. The van der Waals surface area contributed by atoms with Gasteiger partial charge < -0.3 is 9.90 Å². The highest BCUT2D eigenvalue weighted by atomic mass is 16.3. The number of aliphatic hydroxyl groups excluding tert-OH is 1. The van der Waals surface area contributed by atoms with Gasteiger partial charge in [0.1, 0.15) is 5.78 Å². The van der Waals surface area contributed by atoms with Crippen molar-refractivity contribution in [1.82, 2.24) is 0 Å². The van der Waals surface area contributed by atoms with Gasteiger partial charge in [-0.15, -0.1) is 12.3 Å². The lowest BCUT2D eigenvalue weighted by atomic mass is 10.00. The molecule has 1 atom stereocenters. The summed E-state index contributed by atoms with van der Waals surface area (Å²) in [5.74, 6) is 2.76. The van der Waals surface area contributed by atoms with Crippen LogP contribution < -0.4 is 0 Å². The van der Waals surface area contributed by atoms with Crippen molar-refractivity contribution in [2.24, 2.45) is 5.92 Å². The van der Waals surface area contributed by atoms with E-state index in [1.807, 2.05) is 0 Å². The molecule has 0 bridgehead atoms. The minimum Gasteiger partial charge on any atom is -0.396 e. The molecule has 2 nitrogen and oxygen atoms in total. The largest absolute Gasteiger partial charge is 0.396 e. The summed E-state index contributed by atoms with van der Waals surface area (Å²) in [6.45, 7) is 1.65. The fourth-order valence-corrected chi connectivity index (χ4v) is 0.844. The highest BCUT2D eigenvalue weighted by molar-refractivity contribution is 5.75. The molecule has 1 unspecified atom stereocenters. The lowest BCUT2D eigenvalue weighted by molar-refractivity contribution is -0.117. The average Bonchev–Trinajstić information content (AvgIpc) is 1.97. The van der Waals surface area contributed by atoms with Gasteiger partial charge in [-0.25, -0.2) is 0 Å². The Hall–Kier alpha value is -0.810. The molecule has 0 aliphatic heterocycles. The molecule has 0 aromatic heterocycles. The zero-order chi connectivity index (χ0) is 8.69. The third-order valence-corrected chi connectivity index (χ3v) is 1.56. The van der Waals surface area contributed by atoms with Crippen molar-refractivity contribution in [1.29, 1.82) is 0 Å². The molecule has 0 heterocycles. The number of hydrogen-bond acceptors (Lipinski definition) is 2. The van der Waals surface area contributed by atoms with Crippen molar-refractivity contribution < 1.29 is 9.90 Å². The molecule has 0 saturated carbocycles. The van der Waals surface area contributed by atoms with Crippen LogP contribution >= 0.6 is 0 Å². The summed E-state index contributed by atoms with van der Waals surface area (Å²) in [6, 6.07) is 0. The summed E-state index contributed by atoms with van der Waals surface area (Å²) in [4.78, 5) is 10.5. The van der Waals surface area contributed by atoms with Crippen LogP contribution in [0.5, 0.6) is 0 Å². The van der Waals surface area contributed by atoms with Gasteiger partial charge in [0.05, 0.1) is 0 Å². The van der Waals surface area contributed by atoms with Gasteiger partial charge in [0.2, 0.25) is 0 Å². The van der Waals surface area contributed by atoms with Gasteiger partial charge in [0.15, 0.2) is 0 Å². The van der Waals surface area contributed by atoms with Crippen LogP contribution in [0.4, 0.5) is 0 Å². The molecule has 0 rings (SSSR count). The Kier molecular flexibility index (Phi) is 5.50. The van der Waals surface area contributed by atoms with Crippen LogP contribution in [-0.2, 0) is 4.79 Å². The average molecular weight is 154 g/mol. The second-order valence-corrected chi connectivity index (χ2v) is 2.62. The van der Waals surface area contributed by atoms with Gasteiger partial charge in [0.25, 0.3) is 0 Å². The summed E-state index contributed by atoms with van der Waals surface area (Å²) in [7, 11) is 0. The van der Waals surface area contributed by atoms with Crippen molar-refractivity contribution >= 4 is 5.78 Å². The van der Waals surface area contributed by atoms with Crippen LogP contribution in [0.25, 0.3) is 0 Å². The minimum atomic E-state index is 0.0592. The van der Waals surface area contributed by atoms with Gasteiger partial charge in [-0.3, -0.25) is 0 Å². The van der Waals surface area contributed by atoms with E-state index >= 15 is 0 Å². The van der Waals surface area contributed by atoms with Crippen molar-refractivity contribution in [3.8, 4) is 12.3 Å². The number of aliphatic hydroxyl groups is 1. The number of Topliss-reactive ketones (excluding diaryl/α,β-unsaturated/α-hetero) is 1. The van der Waals surface area contributed by atoms with E-state index in [4.69, 9.17) is 11.5 Å². The zero-order valence-electron chi connectivity index (χ0n) is 6.84. The molecule has 0 aromatic rings. The molecule has 1 N–H and O–H groups in total. The van der Waals surface area contributed by atoms with Crippen LogP contribution in [-0.4, -0.2) is 17.5 Å². The third kappa shape index (κ3) is 5.63. The minimum absolute atomic E-state index is 0.0592. The molecule has 2 heteroatoms. The Labute approximate surface area is 67.6 Å². The summed E-state index contributed by atoms with van der Waals surface area (Å²) in [5, 5.41) is 8.55. The fourth-order valence-electron chi connectivity index (χ4n) is 0.844. The first-order chi connectivity index (χ1) is 5.20. The number of hydrogen-bond donors (Lipinski definition) is 1. The Morgan fingerprint density at radius 1 is 1.64 bits per heavy atom. The van der Waals surface area contributed by atoms with Crippen LogP contribution in [0.3, 0.4) is 0 Å². The lowest BCUT2D eigenvalue weighted by Gasteiger charge is -2.05. The Balaban J connectivity index is 3.54. The summed E-state index contributed by atoms with van der Waals surface area (Å²) >= 11 is 0. The topological polar surface area (TPSA) is 37.3 Å². The normalized spacial score (nSPS) is 12.1. The van der Waals surface area contributed by atoms with Gasteiger partial charge in [-0.1, -0.05) is 0 Å². The second kappa shape index (κ2) is 5.94. The van der Waals surface area contributed by atoms with Crippen LogP contribution in [0.2, 0.25) is 0 Å². The molecule has 0 aliphatic carbocycles. The van der Waals surface area contributed by atoms with Crippen molar-refractivity contribution in [3.05, 3.63) is 0 Å². The molecule has 62 valence electrons. The van der Waals surface area contributed by atoms with E-state index in [2.05, 4.69) is 5.92 Å². The maximum absolute atomic E-state index is 10.5. The maximum atomic E-state index is 10.5. The number of rotatable bonds is 5. The Morgan fingerprint density at radius 3 is 2.64 bits per heavy atom. The van der Waals surface area contributed by atoms with Crippen LogP contribution in [0.1, 0.15) is 26.2 Å². The predicted molar refractivity (Wildman–Crippen MR) is 43.9 cm³/mol. The molecule has 11 heavy (non-hydrogen) atoms.